The highest BCUT2D eigenvalue weighted by atomic mass is 35.5. The van der Waals surface area contributed by atoms with Crippen molar-refractivity contribution in [1.82, 2.24) is 10.6 Å². The van der Waals surface area contributed by atoms with Gasteiger partial charge < -0.3 is 10.6 Å². The van der Waals surface area contributed by atoms with E-state index in [1.807, 2.05) is 30.3 Å². The maximum Gasteiger partial charge on any atom is 0.251 e. The summed E-state index contributed by atoms with van der Waals surface area (Å²) in [7, 11) is 0. The van der Waals surface area contributed by atoms with Crippen LogP contribution in [0.1, 0.15) is 28.8 Å². The van der Waals surface area contributed by atoms with Gasteiger partial charge in [-0.05, 0) is 42.7 Å². The molecule has 1 fully saturated rings. The Morgan fingerprint density at radius 1 is 1.00 bits per heavy atom. The Morgan fingerprint density at radius 3 is 2.42 bits per heavy atom. The van der Waals surface area contributed by atoms with Crippen LogP contribution in [-0.4, -0.2) is 24.9 Å². The number of nitrogens with one attached hydrogen (secondary N) is 2. The van der Waals surface area contributed by atoms with Crippen molar-refractivity contribution in [2.75, 3.05) is 13.1 Å². The lowest BCUT2D eigenvalue weighted by atomic mass is 9.96. The molecule has 0 spiro atoms. The zero-order chi connectivity index (χ0) is 17.0. The number of carbonyl (C=O) groups excluding carboxylic acids is 2. The summed E-state index contributed by atoms with van der Waals surface area (Å²) in [6, 6.07) is 16.6. The number of amides is 2. The van der Waals surface area contributed by atoms with Gasteiger partial charge in [0, 0.05) is 22.5 Å². The molecule has 0 saturated heterocycles. The number of rotatable bonds is 6. The predicted octanol–water partition coefficient (Wildman–Crippen LogP) is 2.92. The molecule has 0 radical (unpaired) electrons. The van der Waals surface area contributed by atoms with E-state index in [0.717, 1.165) is 18.4 Å². The molecule has 0 heterocycles. The number of hydrogen-bond acceptors (Lipinski definition) is 2. The summed E-state index contributed by atoms with van der Waals surface area (Å²) >= 11 is 6.05. The van der Waals surface area contributed by atoms with E-state index in [4.69, 9.17) is 11.6 Å². The minimum absolute atomic E-state index is 0.00992. The highest BCUT2D eigenvalue weighted by Crippen LogP contribution is 2.48. The molecule has 2 aromatic rings. The summed E-state index contributed by atoms with van der Waals surface area (Å²) in [5, 5.41) is 6.25. The largest absolute Gasteiger partial charge is 0.354 e. The molecular weight excluding hydrogens is 324 g/mol. The standard InChI is InChI=1S/C19H19ClN2O2/c20-16-8-4-7-15(11-16)19(9-10-19)13-22-17(23)12-21-18(24)14-5-2-1-3-6-14/h1-8,11H,9-10,12-13H2,(H,21,24)(H,22,23). The Morgan fingerprint density at radius 2 is 1.75 bits per heavy atom. The Bertz CT molecular complexity index is 742. The first-order chi connectivity index (χ1) is 11.6. The topological polar surface area (TPSA) is 58.2 Å². The molecule has 0 unspecified atom stereocenters. The van der Waals surface area contributed by atoms with Crippen LogP contribution in [0.25, 0.3) is 0 Å². The van der Waals surface area contributed by atoms with Crippen molar-refractivity contribution in [3.63, 3.8) is 0 Å². The molecule has 3 rings (SSSR count). The molecule has 124 valence electrons. The average Bonchev–Trinajstić information content (AvgIpc) is 3.40. The molecule has 5 heteroatoms. The minimum atomic E-state index is -0.248. The third kappa shape index (κ3) is 3.95. The van der Waals surface area contributed by atoms with E-state index in [1.54, 1.807) is 24.3 Å². The van der Waals surface area contributed by atoms with E-state index in [1.165, 1.54) is 0 Å². The quantitative estimate of drug-likeness (QED) is 0.848. The van der Waals surface area contributed by atoms with Gasteiger partial charge in [0.1, 0.15) is 0 Å². The highest BCUT2D eigenvalue weighted by molar-refractivity contribution is 6.30. The van der Waals surface area contributed by atoms with E-state index >= 15 is 0 Å². The highest BCUT2D eigenvalue weighted by Gasteiger charge is 2.44. The Labute approximate surface area is 146 Å². The Balaban J connectivity index is 1.49. The minimum Gasteiger partial charge on any atom is -0.354 e. The van der Waals surface area contributed by atoms with Crippen molar-refractivity contribution in [3.05, 3.63) is 70.7 Å². The van der Waals surface area contributed by atoms with Crippen molar-refractivity contribution in [3.8, 4) is 0 Å². The van der Waals surface area contributed by atoms with Crippen LogP contribution < -0.4 is 10.6 Å². The van der Waals surface area contributed by atoms with Gasteiger partial charge in [-0.2, -0.15) is 0 Å². The summed E-state index contributed by atoms with van der Waals surface area (Å²) in [5.41, 5.74) is 1.69. The van der Waals surface area contributed by atoms with E-state index in [2.05, 4.69) is 10.6 Å². The van der Waals surface area contributed by atoms with Crippen molar-refractivity contribution in [2.45, 2.75) is 18.3 Å². The molecule has 2 amide bonds. The molecule has 2 aromatic carbocycles. The number of benzene rings is 2. The summed E-state index contributed by atoms with van der Waals surface area (Å²) in [4.78, 5) is 23.9. The fraction of sp³-hybridized carbons (Fsp3) is 0.263. The van der Waals surface area contributed by atoms with Gasteiger partial charge >= 0.3 is 0 Å². The zero-order valence-corrected chi connectivity index (χ0v) is 14.0. The maximum absolute atomic E-state index is 12.0. The summed E-state index contributed by atoms with van der Waals surface area (Å²) in [6.45, 7) is 0.534. The van der Waals surface area contributed by atoms with Crippen LogP contribution in [0.3, 0.4) is 0 Å². The lowest BCUT2D eigenvalue weighted by Crippen LogP contribution is -2.40. The van der Waals surface area contributed by atoms with Gasteiger partial charge in [0.15, 0.2) is 0 Å². The third-order valence-corrected chi connectivity index (χ3v) is 4.60. The van der Waals surface area contributed by atoms with E-state index in [0.29, 0.717) is 17.1 Å². The normalized spacial score (nSPS) is 14.7. The van der Waals surface area contributed by atoms with Crippen LogP contribution in [0.2, 0.25) is 5.02 Å². The van der Waals surface area contributed by atoms with Gasteiger partial charge in [0.2, 0.25) is 5.91 Å². The van der Waals surface area contributed by atoms with Crippen molar-refractivity contribution in [1.29, 1.82) is 0 Å². The lowest BCUT2D eigenvalue weighted by Gasteiger charge is -2.17. The van der Waals surface area contributed by atoms with Crippen LogP contribution >= 0.6 is 11.6 Å². The fourth-order valence-electron chi connectivity index (χ4n) is 2.72. The van der Waals surface area contributed by atoms with Gasteiger partial charge in [-0.3, -0.25) is 9.59 Å². The molecule has 1 aliphatic rings. The number of halogens is 1. The Kier molecular flexibility index (Phi) is 4.86. The van der Waals surface area contributed by atoms with Crippen LogP contribution in [0.5, 0.6) is 0 Å². The number of carbonyl (C=O) groups is 2. The molecule has 0 bridgehead atoms. The third-order valence-electron chi connectivity index (χ3n) is 4.36. The van der Waals surface area contributed by atoms with Gasteiger partial charge in [0.05, 0.1) is 6.54 Å². The van der Waals surface area contributed by atoms with Crippen molar-refractivity contribution in [2.24, 2.45) is 0 Å². The smallest absolute Gasteiger partial charge is 0.251 e. The summed E-state index contributed by atoms with van der Waals surface area (Å²) < 4.78 is 0. The monoisotopic (exact) mass is 342 g/mol. The van der Waals surface area contributed by atoms with Crippen LogP contribution in [-0.2, 0) is 10.2 Å². The second kappa shape index (κ2) is 7.05. The molecule has 1 saturated carbocycles. The fourth-order valence-corrected chi connectivity index (χ4v) is 2.91. The molecule has 2 N–H and O–H groups in total. The van der Waals surface area contributed by atoms with Gasteiger partial charge in [-0.15, -0.1) is 0 Å². The van der Waals surface area contributed by atoms with Crippen LogP contribution in [0, 0.1) is 0 Å². The van der Waals surface area contributed by atoms with Gasteiger partial charge in [-0.1, -0.05) is 41.9 Å². The van der Waals surface area contributed by atoms with Gasteiger partial charge in [0.25, 0.3) is 5.91 Å². The molecule has 0 aliphatic heterocycles. The van der Waals surface area contributed by atoms with E-state index in [9.17, 15) is 9.59 Å². The Hall–Kier alpha value is -2.33. The molecular formula is C19H19ClN2O2. The zero-order valence-electron chi connectivity index (χ0n) is 13.2. The molecule has 0 aromatic heterocycles. The van der Waals surface area contributed by atoms with Crippen molar-refractivity contribution < 1.29 is 9.59 Å². The summed E-state index contributed by atoms with van der Waals surface area (Å²) in [6.07, 6.45) is 2.06. The van der Waals surface area contributed by atoms with E-state index < -0.39 is 0 Å². The maximum atomic E-state index is 12.0. The first kappa shape index (κ1) is 16.5. The first-order valence-electron chi connectivity index (χ1n) is 7.95. The van der Waals surface area contributed by atoms with E-state index in [-0.39, 0.29) is 23.8 Å². The van der Waals surface area contributed by atoms with Crippen molar-refractivity contribution >= 4 is 23.4 Å². The molecule has 0 atom stereocenters. The second-order valence-electron chi connectivity index (χ2n) is 6.12. The van der Waals surface area contributed by atoms with Gasteiger partial charge in [-0.25, -0.2) is 0 Å². The second-order valence-corrected chi connectivity index (χ2v) is 6.55. The molecule has 4 nitrogen and oxygen atoms in total. The predicted molar refractivity (Wildman–Crippen MR) is 94.1 cm³/mol. The van der Waals surface area contributed by atoms with Crippen LogP contribution in [0.4, 0.5) is 0 Å². The lowest BCUT2D eigenvalue weighted by molar-refractivity contribution is -0.120. The SMILES string of the molecule is O=C(CNC(=O)c1ccccc1)NCC1(c2cccc(Cl)c2)CC1. The van der Waals surface area contributed by atoms with Crippen LogP contribution in [0.15, 0.2) is 54.6 Å². The first-order valence-corrected chi connectivity index (χ1v) is 8.33. The molecule has 1 aliphatic carbocycles. The average molecular weight is 343 g/mol. The summed E-state index contributed by atoms with van der Waals surface area (Å²) in [5.74, 6) is -0.436. The number of hydrogen-bond donors (Lipinski definition) is 2. The molecule has 24 heavy (non-hydrogen) atoms.